The summed E-state index contributed by atoms with van der Waals surface area (Å²) in [7, 11) is 2.88. The average molecular weight is 558 g/mol. The Hall–Kier alpha value is -4.02. The Morgan fingerprint density at radius 3 is 2.38 bits per heavy atom. The van der Waals surface area contributed by atoms with E-state index in [4.69, 9.17) is 4.84 Å². The number of aryl methyl sites for hydroxylation is 1. The summed E-state index contributed by atoms with van der Waals surface area (Å²) in [5.74, 6) is -0.158. The molecule has 1 N–H and O–H groups in total. The van der Waals surface area contributed by atoms with Gasteiger partial charge in [-0.2, -0.15) is 23.4 Å². The van der Waals surface area contributed by atoms with E-state index in [0.717, 1.165) is 12.1 Å². The molecule has 212 valence electrons. The molecule has 1 saturated heterocycles. The van der Waals surface area contributed by atoms with Crippen molar-refractivity contribution in [2.75, 3.05) is 25.1 Å². The van der Waals surface area contributed by atoms with Gasteiger partial charge in [-0.1, -0.05) is 26.0 Å². The van der Waals surface area contributed by atoms with E-state index in [1.165, 1.54) is 23.8 Å². The van der Waals surface area contributed by atoms with Gasteiger partial charge >= 0.3 is 11.9 Å². The number of hydroxylamine groups is 1. The van der Waals surface area contributed by atoms with Crippen LogP contribution in [0.25, 0.3) is 11.0 Å². The standard InChI is InChI=1S/C27H30F3N7O3/c1-5-19-15-37(24-22-21(35(3)26(39)33-24)12-11-18(13-31)32-22)20(6-2)14-36(19)23(25(38)34-40-4)16-7-9-17(10-8-16)27(28,29)30/h7-12,19-20,23H,5-6,14-15H2,1-4H3,(H,34,38)/t19-,20?,23?/m1/s1. The second kappa shape index (κ2) is 11.6. The highest BCUT2D eigenvalue weighted by molar-refractivity contribution is 5.86. The third-order valence-electron chi connectivity index (χ3n) is 7.34. The number of halogens is 3. The van der Waals surface area contributed by atoms with Crippen molar-refractivity contribution in [1.29, 1.82) is 5.26 Å². The summed E-state index contributed by atoms with van der Waals surface area (Å²) in [4.78, 5) is 43.7. The van der Waals surface area contributed by atoms with E-state index in [1.807, 2.05) is 29.7 Å². The number of amides is 1. The Balaban J connectivity index is 1.78. The van der Waals surface area contributed by atoms with Crippen LogP contribution in [0.15, 0.2) is 41.2 Å². The summed E-state index contributed by atoms with van der Waals surface area (Å²) < 4.78 is 41.0. The number of piperazine rings is 1. The number of nitrogens with one attached hydrogen (secondary N) is 1. The van der Waals surface area contributed by atoms with E-state index >= 15 is 0 Å². The van der Waals surface area contributed by atoms with E-state index in [-0.39, 0.29) is 17.8 Å². The number of carbonyl (C=O) groups is 1. The van der Waals surface area contributed by atoms with Gasteiger partial charge in [0.2, 0.25) is 0 Å². The summed E-state index contributed by atoms with van der Waals surface area (Å²) in [5, 5.41) is 9.43. The largest absolute Gasteiger partial charge is 0.416 e. The Morgan fingerprint density at radius 2 is 1.80 bits per heavy atom. The SMILES string of the molecule is CCC1CN(C(C(=O)NOC)c2ccc(C(F)(F)F)cc2)[C@H](CC)CN1c1nc(=O)n(C)c2ccc(C#N)nc12. The fourth-order valence-electron chi connectivity index (χ4n) is 5.24. The third kappa shape index (κ3) is 5.50. The summed E-state index contributed by atoms with van der Waals surface area (Å²) in [6.07, 6.45) is -3.31. The van der Waals surface area contributed by atoms with Crippen LogP contribution < -0.4 is 16.1 Å². The number of hydrogen-bond donors (Lipinski definition) is 1. The van der Waals surface area contributed by atoms with Crippen LogP contribution >= 0.6 is 0 Å². The molecule has 2 unspecified atom stereocenters. The molecule has 0 spiro atoms. The molecule has 2 aromatic heterocycles. The Morgan fingerprint density at radius 1 is 1.12 bits per heavy atom. The minimum atomic E-state index is -4.50. The van der Waals surface area contributed by atoms with Gasteiger partial charge in [0, 0.05) is 32.2 Å². The first-order valence-corrected chi connectivity index (χ1v) is 12.8. The van der Waals surface area contributed by atoms with Crippen LogP contribution in [-0.4, -0.2) is 57.6 Å². The van der Waals surface area contributed by atoms with Crippen molar-refractivity contribution in [1.82, 2.24) is 24.9 Å². The number of anilines is 1. The number of benzene rings is 1. The van der Waals surface area contributed by atoms with Gasteiger partial charge in [0.1, 0.15) is 23.3 Å². The smallest absolute Gasteiger partial charge is 0.349 e. The summed E-state index contributed by atoms with van der Waals surface area (Å²) in [6, 6.07) is 8.37. The second-order valence-electron chi connectivity index (χ2n) is 9.62. The molecule has 40 heavy (non-hydrogen) atoms. The van der Waals surface area contributed by atoms with Crippen molar-refractivity contribution in [3.8, 4) is 6.07 Å². The molecule has 10 nitrogen and oxygen atoms in total. The Kier molecular flexibility index (Phi) is 8.41. The lowest BCUT2D eigenvalue weighted by Gasteiger charge is -2.49. The van der Waals surface area contributed by atoms with Crippen molar-refractivity contribution in [2.24, 2.45) is 7.05 Å². The Bertz CT molecular complexity index is 1480. The van der Waals surface area contributed by atoms with Gasteiger partial charge < -0.3 is 4.90 Å². The molecule has 13 heteroatoms. The molecule has 4 rings (SSSR count). The van der Waals surface area contributed by atoms with E-state index in [1.54, 1.807) is 19.2 Å². The van der Waals surface area contributed by atoms with E-state index in [2.05, 4.69) is 15.4 Å². The number of aromatic nitrogens is 3. The predicted octanol–water partition coefficient (Wildman–Crippen LogP) is 3.32. The second-order valence-corrected chi connectivity index (χ2v) is 9.62. The molecule has 1 amide bonds. The maximum Gasteiger partial charge on any atom is 0.416 e. The summed E-state index contributed by atoms with van der Waals surface area (Å²) in [5.41, 5.74) is 2.59. The predicted molar refractivity (Wildman–Crippen MR) is 141 cm³/mol. The van der Waals surface area contributed by atoms with Crippen molar-refractivity contribution in [2.45, 2.75) is 51.0 Å². The van der Waals surface area contributed by atoms with Gasteiger partial charge in [0.25, 0.3) is 5.91 Å². The molecule has 3 atom stereocenters. The lowest BCUT2D eigenvalue weighted by molar-refractivity contribution is -0.139. The van der Waals surface area contributed by atoms with E-state index in [9.17, 15) is 28.0 Å². The first kappa shape index (κ1) is 29.0. The molecule has 0 radical (unpaired) electrons. The topological polar surface area (TPSA) is 116 Å². The van der Waals surface area contributed by atoms with Crippen molar-refractivity contribution in [3.05, 3.63) is 63.7 Å². The number of pyridine rings is 1. The summed E-state index contributed by atoms with van der Waals surface area (Å²) >= 11 is 0. The van der Waals surface area contributed by atoms with Crippen molar-refractivity contribution < 1.29 is 22.8 Å². The lowest BCUT2D eigenvalue weighted by Crippen LogP contribution is -2.61. The van der Waals surface area contributed by atoms with Gasteiger partial charge in [-0.05, 0) is 42.7 Å². The van der Waals surface area contributed by atoms with Crippen LogP contribution in [-0.2, 0) is 22.9 Å². The number of nitrogens with zero attached hydrogens (tertiary/aromatic N) is 6. The molecule has 0 saturated carbocycles. The van der Waals surface area contributed by atoms with Crippen molar-refractivity contribution >= 4 is 22.8 Å². The number of hydrogen-bond acceptors (Lipinski definition) is 8. The molecule has 3 aromatic rings. The fourth-order valence-corrected chi connectivity index (χ4v) is 5.24. The number of carbonyl (C=O) groups excluding carboxylic acids is 1. The normalized spacial score (nSPS) is 18.9. The van der Waals surface area contributed by atoms with Crippen LogP contribution in [0, 0.1) is 11.3 Å². The maximum absolute atomic E-state index is 13.2. The molecule has 3 heterocycles. The van der Waals surface area contributed by atoms with Gasteiger partial charge in [-0.15, -0.1) is 0 Å². The molecule has 0 bridgehead atoms. The van der Waals surface area contributed by atoms with Gasteiger partial charge in [0.15, 0.2) is 5.82 Å². The quantitative estimate of drug-likeness (QED) is 0.440. The minimum Gasteiger partial charge on any atom is -0.349 e. The summed E-state index contributed by atoms with van der Waals surface area (Å²) in [6.45, 7) is 4.61. The van der Waals surface area contributed by atoms with Gasteiger partial charge in [-0.3, -0.25) is 19.1 Å². The maximum atomic E-state index is 13.2. The first-order chi connectivity index (χ1) is 19.0. The number of nitriles is 1. The molecule has 0 aliphatic carbocycles. The van der Waals surface area contributed by atoms with Crippen molar-refractivity contribution in [3.63, 3.8) is 0 Å². The zero-order chi connectivity index (χ0) is 29.2. The molecule has 1 aliphatic rings. The highest BCUT2D eigenvalue weighted by Crippen LogP contribution is 2.35. The zero-order valence-corrected chi connectivity index (χ0v) is 22.6. The minimum absolute atomic E-state index is 0.187. The van der Waals surface area contributed by atoms with E-state index < -0.39 is 29.4 Å². The third-order valence-corrected chi connectivity index (χ3v) is 7.34. The number of alkyl halides is 3. The fraction of sp³-hybridized carbons (Fsp3) is 0.444. The number of rotatable bonds is 7. The van der Waals surface area contributed by atoms with Crippen LogP contribution in [0.1, 0.15) is 49.6 Å². The van der Waals surface area contributed by atoms with Crippen LogP contribution in [0.4, 0.5) is 19.0 Å². The Labute approximate surface area is 228 Å². The van der Waals surface area contributed by atoms with Gasteiger partial charge in [-0.25, -0.2) is 15.3 Å². The highest BCUT2D eigenvalue weighted by Gasteiger charge is 2.41. The first-order valence-electron chi connectivity index (χ1n) is 12.8. The molecule has 1 aliphatic heterocycles. The number of fused-ring (bicyclic) bond motifs is 1. The average Bonchev–Trinajstić information content (AvgIpc) is 2.94. The molecular weight excluding hydrogens is 527 g/mol. The van der Waals surface area contributed by atoms with Crippen LogP contribution in [0.5, 0.6) is 0 Å². The molecular formula is C27H30F3N7O3. The lowest BCUT2D eigenvalue weighted by atomic mass is 9.95. The zero-order valence-electron chi connectivity index (χ0n) is 22.6. The molecule has 1 fully saturated rings. The van der Waals surface area contributed by atoms with E-state index in [0.29, 0.717) is 48.3 Å². The monoisotopic (exact) mass is 557 g/mol. The highest BCUT2D eigenvalue weighted by atomic mass is 19.4. The van der Waals surface area contributed by atoms with Gasteiger partial charge in [0.05, 0.1) is 18.2 Å². The van der Waals surface area contributed by atoms with Crippen LogP contribution in [0.2, 0.25) is 0 Å². The van der Waals surface area contributed by atoms with Crippen LogP contribution in [0.3, 0.4) is 0 Å². The molecule has 1 aromatic carbocycles.